The number of carbonyl (C=O) groups is 1. The Kier molecular flexibility index (Phi) is 5.80. The highest BCUT2D eigenvalue weighted by Crippen LogP contribution is 2.17. The van der Waals surface area contributed by atoms with Gasteiger partial charge in [0.1, 0.15) is 18.2 Å². The van der Waals surface area contributed by atoms with E-state index in [0.717, 1.165) is 5.56 Å². The molecule has 0 radical (unpaired) electrons. The standard InChI is InChI=1S/C17H18N6O2S/c1-12(8-23-11-18-10-20-23)21-15(24)14-7-19-17(22-16(14)25)26-9-13-5-3-2-4-6-13/h2-7,10-12H,8-9H2,1H3,(H,21,24)(H,19,22,25)/t12-/m0/s1. The lowest BCUT2D eigenvalue weighted by Gasteiger charge is -2.13. The molecule has 8 nitrogen and oxygen atoms in total. The highest BCUT2D eigenvalue weighted by Gasteiger charge is 2.15. The van der Waals surface area contributed by atoms with Gasteiger partial charge in [-0.15, -0.1) is 0 Å². The van der Waals surface area contributed by atoms with E-state index >= 15 is 0 Å². The molecule has 134 valence electrons. The highest BCUT2D eigenvalue weighted by atomic mass is 32.2. The van der Waals surface area contributed by atoms with Crippen molar-refractivity contribution < 1.29 is 4.79 Å². The summed E-state index contributed by atoms with van der Waals surface area (Å²) in [7, 11) is 0. The fourth-order valence-corrected chi connectivity index (χ4v) is 3.08. The van der Waals surface area contributed by atoms with E-state index in [1.165, 1.54) is 24.3 Å². The summed E-state index contributed by atoms with van der Waals surface area (Å²) in [6.07, 6.45) is 4.30. The predicted octanol–water partition coefficient (Wildman–Crippen LogP) is 1.47. The molecule has 26 heavy (non-hydrogen) atoms. The largest absolute Gasteiger partial charge is 0.347 e. The number of benzene rings is 1. The minimum Gasteiger partial charge on any atom is -0.347 e. The van der Waals surface area contributed by atoms with Crippen molar-refractivity contribution in [3.05, 3.63) is 70.7 Å². The van der Waals surface area contributed by atoms with Crippen LogP contribution in [-0.2, 0) is 12.3 Å². The maximum atomic E-state index is 12.3. The van der Waals surface area contributed by atoms with Crippen LogP contribution in [0.4, 0.5) is 0 Å². The second kappa shape index (κ2) is 8.43. The molecule has 2 heterocycles. The average molecular weight is 370 g/mol. The average Bonchev–Trinajstić information content (AvgIpc) is 3.13. The maximum Gasteiger partial charge on any atom is 0.264 e. The summed E-state index contributed by atoms with van der Waals surface area (Å²) >= 11 is 1.41. The lowest BCUT2D eigenvalue weighted by atomic mass is 10.2. The van der Waals surface area contributed by atoms with E-state index in [1.54, 1.807) is 11.0 Å². The number of aromatic amines is 1. The third-order valence-corrected chi connectivity index (χ3v) is 4.50. The molecule has 3 rings (SSSR count). The Morgan fingerprint density at radius 3 is 2.85 bits per heavy atom. The molecule has 0 bridgehead atoms. The van der Waals surface area contributed by atoms with E-state index in [4.69, 9.17) is 0 Å². The third-order valence-electron chi connectivity index (χ3n) is 3.54. The molecule has 1 aromatic carbocycles. The molecule has 0 aliphatic rings. The number of hydrogen-bond donors (Lipinski definition) is 2. The van der Waals surface area contributed by atoms with Gasteiger partial charge < -0.3 is 10.3 Å². The van der Waals surface area contributed by atoms with Gasteiger partial charge in [-0.2, -0.15) is 5.10 Å². The van der Waals surface area contributed by atoms with E-state index in [-0.39, 0.29) is 11.6 Å². The van der Waals surface area contributed by atoms with E-state index in [2.05, 4.69) is 25.4 Å². The van der Waals surface area contributed by atoms with Crippen LogP contribution in [0.15, 0.2) is 59.1 Å². The Labute approximate surface area is 154 Å². The molecule has 3 aromatic rings. The minimum absolute atomic E-state index is 0.0144. The molecule has 0 fully saturated rings. The Morgan fingerprint density at radius 1 is 1.35 bits per heavy atom. The first-order valence-corrected chi connectivity index (χ1v) is 8.99. The van der Waals surface area contributed by atoms with E-state index in [1.807, 2.05) is 37.3 Å². The topological polar surface area (TPSA) is 106 Å². The molecular weight excluding hydrogens is 352 g/mol. The zero-order valence-corrected chi connectivity index (χ0v) is 14.9. The van der Waals surface area contributed by atoms with Crippen LogP contribution in [0.3, 0.4) is 0 Å². The molecule has 0 saturated carbocycles. The fraction of sp³-hybridized carbons (Fsp3) is 0.235. The Hall–Kier alpha value is -2.94. The molecule has 0 spiro atoms. The monoisotopic (exact) mass is 370 g/mol. The summed E-state index contributed by atoms with van der Waals surface area (Å²) < 4.78 is 1.61. The van der Waals surface area contributed by atoms with Gasteiger partial charge in [0.15, 0.2) is 5.16 Å². The van der Waals surface area contributed by atoms with Gasteiger partial charge in [0.05, 0.1) is 6.54 Å². The highest BCUT2D eigenvalue weighted by molar-refractivity contribution is 7.98. The van der Waals surface area contributed by atoms with Crippen molar-refractivity contribution in [1.82, 2.24) is 30.0 Å². The minimum atomic E-state index is -0.467. The number of rotatable bonds is 7. The van der Waals surface area contributed by atoms with Crippen LogP contribution < -0.4 is 10.9 Å². The van der Waals surface area contributed by atoms with Gasteiger partial charge in [0.25, 0.3) is 11.5 Å². The smallest absolute Gasteiger partial charge is 0.264 e. The quantitative estimate of drug-likeness (QED) is 0.482. The summed E-state index contributed by atoms with van der Waals surface area (Å²) in [6.45, 7) is 2.29. The normalized spacial score (nSPS) is 11.9. The van der Waals surface area contributed by atoms with Crippen LogP contribution in [0.25, 0.3) is 0 Å². The van der Waals surface area contributed by atoms with Crippen molar-refractivity contribution in [1.29, 1.82) is 0 Å². The molecule has 2 aromatic heterocycles. The van der Waals surface area contributed by atoms with Crippen molar-refractivity contribution in [2.24, 2.45) is 0 Å². The third kappa shape index (κ3) is 4.79. The predicted molar refractivity (Wildman–Crippen MR) is 97.8 cm³/mol. The molecule has 0 unspecified atom stereocenters. The Bertz CT molecular complexity index is 911. The van der Waals surface area contributed by atoms with Crippen molar-refractivity contribution in [3.8, 4) is 0 Å². The van der Waals surface area contributed by atoms with Crippen LogP contribution in [0.5, 0.6) is 0 Å². The van der Waals surface area contributed by atoms with Gasteiger partial charge >= 0.3 is 0 Å². The zero-order chi connectivity index (χ0) is 18.4. The molecule has 0 aliphatic carbocycles. The summed E-state index contributed by atoms with van der Waals surface area (Å²) in [4.78, 5) is 35.1. The molecular formula is C17H18N6O2S. The second-order valence-corrected chi connectivity index (χ2v) is 6.66. The van der Waals surface area contributed by atoms with Crippen molar-refractivity contribution in [2.75, 3.05) is 0 Å². The lowest BCUT2D eigenvalue weighted by molar-refractivity contribution is 0.0933. The molecule has 0 aliphatic heterocycles. The SMILES string of the molecule is C[C@@H](Cn1cncn1)NC(=O)c1cnc(SCc2ccccc2)[nH]c1=O. The van der Waals surface area contributed by atoms with E-state index in [9.17, 15) is 9.59 Å². The first-order valence-electron chi connectivity index (χ1n) is 8.01. The van der Waals surface area contributed by atoms with Crippen LogP contribution >= 0.6 is 11.8 Å². The van der Waals surface area contributed by atoms with E-state index < -0.39 is 11.5 Å². The van der Waals surface area contributed by atoms with Gasteiger partial charge in [0.2, 0.25) is 0 Å². The number of amides is 1. The number of hydrogen-bond acceptors (Lipinski definition) is 6. The van der Waals surface area contributed by atoms with Gasteiger partial charge in [0, 0.05) is 18.0 Å². The summed E-state index contributed by atoms with van der Waals surface area (Å²) in [5.74, 6) is 0.218. The fourth-order valence-electron chi connectivity index (χ4n) is 2.29. The van der Waals surface area contributed by atoms with Crippen molar-refractivity contribution in [2.45, 2.75) is 30.4 Å². The molecule has 1 atom stereocenters. The Balaban J connectivity index is 1.59. The number of nitrogens with zero attached hydrogens (tertiary/aromatic N) is 4. The summed E-state index contributed by atoms with van der Waals surface area (Å²) in [5, 5.41) is 7.22. The first kappa shape index (κ1) is 17.9. The maximum absolute atomic E-state index is 12.3. The Morgan fingerprint density at radius 2 is 2.15 bits per heavy atom. The molecule has 9 heteroatoms. The number of aromatic nitrogens is 5. The lowest BCUT2D eigenvalue weighted by Crippen LogP contribution is -2.38. The molecule has 1 amide bonds. The summed E-state index contributed by atoms with van der Waals surface area (Å²) in [6, 6.07) is 9.66. The van der Waals surface area contributed by atoms with E-state index in [0.29, 0.717) is 17.5 Å². The van der Waals surface area contributed by atoms with Gasteiger partial charge in [-0.05, 0) is 12.5 Å². The number of carbonyl (C=O) groups excluding carboxylic acids is 1. The zero-order valence-electron chi connectivity index (χ0n) is 14.1. The summed E-state index contributed by atoms with van der Waals surface area (Å²) in [5.41, 5.74) is 0.657. The van der Waals surface area contributed by atoms with Gasteiger partial charge in [-0.1, -0.05) is 42.1 Å². The number of H-pyrrole nitrogens is 1. The van der Waals surface area contributed by atoms with Gasteiger partial charge in [-0.25, -0.2) is 9.97 Å². The number of nitrogens with one attached hydrogen (secondary N) is 2. The first-order chi connectivity index (χ1) is 12.6. The van der Waals surface area contributed by atoms with Crippen molar-refractivity contribution in [3.63, 3.8) is 0 Å². The van der Waals surface area contributed by atoms with Crippen LogP contribution in [0, 0.1) is 0 Å². The molecule has 2 N–H and O–H groups in total. The number of thioether (sulfide) groups is 1. The molecule has 0 saturated heterocycles. The van der Waals surface area contributed by atoms with Crippen LogP contribution in [0.1, 0.15) is 22.8 Å². The van der Waals surface area contributed by atoms with Crippen LogP contribution in [-0.4, -0.2) is 36.7 Å². The second-order valence-electron chi connectivity index (χ2n) is 5.70. The van der Waals surface area contributed by atoms with Crippen LogP contribution in [0.2, 0.25) is 0 Å². The van der Waals surface area contributed by atoms with Crippen molar-refractivity contribution >= 4 is 17.7 Å². The van der Waals surface area contributed by atoms with Gasteiger partial charge in [-0.3, -0.25) is 14.3 Å².